The van der Waals surface area contributed by atoms with Crippen molar-refractivity contribution in [3.05, 3.63) is 29.8 Å². The topological polar surface area (TPSA) is 93.2 Å². The third-order valence-electron chi connectivity index (χ3n) is 3.94. The molecule has 1 saturated carbocycles. The molecule has 0 aliphatic heterocycles. The van der Waals surface area contributed by atoms with Crippen molar-refractivity contribution >= 4 is 11.7 Å². The molecule has 0 aromatic heterocycles. The average Bonchev–Trinajstić information content (AvgIpc) is 2.89. The van der Waals surface area contributed by atoms with Gasteiger partial charge in [-0.2, -0.15) is 0 Å². The van der Waals surface area contributed by atoms with Crippen molar-refractivity contribution in [2.75, 3.05) is 18.8 Å². The molecule has 1 aromatic carbocycles. The summed E-state index contributed by atoms with van der Waals surface area (Å²) in [5.41, 5.74) is 12.8. The molecule has 2 rings (SSSR count). The molecule has 0 unspecified atom stereocenters. The Morgan fingerprint density at radius 2 is 1.85 bits per heavy atom. The molecule has 2 amide bonds. The number of benzene rings is 1. The van der Waals surface area contributed by atoms with Crippen LogP contribution in [0.2, 0.25) is 0 Å². The highest BCUT2D eigenvalue weighted by atomic mass is 16.2. The minimum atomic E-state index is -0.250. The van der Waals surface area contributed by atoms with Gasteiger partial charge in [-0.3, -0.25) is 0 Å². The monoisotopic (exact) mass is 276 g/mol. The summed E-state index contributed by atoms with van der Waals surface area (Å²) in [7, 11) is 0. The number of urea groups is 1. The predicted octanol–water partition coefficient (Wildman–Crippen LogP) is 1.69. The van der Waals surface area contributed by atoms with Gasteiger partial charge in [0.15, 0.2) is 0 Å². The fraction of sp³-hybridized carbons (Fsp3) is 0.533. The van der Waals surface area contributed by atoms with Crippen LogP contribution in [0.1, 0.15) is 37.7 Å². The van der Waals surface area contributed by atoms with E-state index >= 15 is 0 Å². The van der Waals surface area contributed by atoms with Gasteiger partial charge in [0, 0.05) is 12.2 Å². The van der Waals surface area contributed by atoms with E-state index in [-0.39, 0.29) is 11.6 Å². The molecule has 1 fully saturated rings. The molecule has 0 bridgehead atoms. The van der Waals surface area contributed by atoms with Crippen molar-refractivity contribution in [2.24, 2.45) is 5.73 Å². The first-order valence-electron chi connectivity index (χ1n) is 7.28. The third-order valence-corrected chi connectivity index (χ3v) is 3.94. The Balaban J connectivity index is 2.06. The molecule has 1 aromatic rings. The van der Waals surface area contributed by atoms with Crippen LogP contribution in [-0.4, -0.2) is 19.1 Å². The molecule has 1 aliphatic carbocycles. The van der Waals surface area contributed by atoms with Gasteiger partial charge in [-0.15, -0.1) is 0 Å². The molecular weight excluding hydrogens is 252 g/mol. The minimum Gasteiger partial charge on any atom is -0.399 e. The standard InChI is InChI=1S/C15H24N4O/c16-10-3-11-18-14(20)19-15(8-1-2-9-15)12-4-6-13(17)7-5-12/h4-7H,1-3,8-11,16-17H2,(H2,18,19,20). The Kier molecular flexibility index (Phi) is 4.84. The zero-order valence-electron chi connectivity index (χ0n) is 11.8. The van der Waals surface area contributed by atoms with Gasteiger partial charge in [0.25, 0.3) is 0 Å². The van der Waals surface area contributed by atoms with Gasteiger partial charge in [-0.1, -0.05) is 25.0 Å². The van der Waals surface area contributed by atoms with Crippen LogP contribution in [-0.2, 0) is 5.54 Å². The highest BCUT2D eigenvalue weighted by Gasteiger charge is 2.36. The first-order valence-corrected chi connectivity index (χ1v) is 7.28. The van der Waals surface area contributed by atoms with Crippen molar-refractivity contribution < 1.29 is 4.79 Å². The SMILES string of the molecule is NCCCNC(=O)NC1(c2ccc(N)cc2)CCCC1. The van der Waals surface area contributed by atoms with Gasteiger partial charge in [-0.25, -0.2) is 4.79 Å². The minimum absolute atomic E-state index is 0.114. The van der Waals surface area contributed by atoms with Crippen LogP contribution in [0.15, 0.2) is 24.3 Å². The maximum Gasteiger partial charge on any atom is 0.315 e. The lowest BCUT2D eigenvalue weighted by molar-refractivity contribution is 0.224. The number of amides is 2. The van der Waals surface area contributed by atoms with Crippen molar-refractivity contribution in [3.63, 3.8) is 0 Å². The van der Waals surface area contributed by atoms with Crippen LogP contribution >= 0.6 is 0 Å². The van der Waals surface area contributed by atoms with Crippen LogP contribution in [0, 0.1) is 0 Å². The Hall–Kier alpha value is -1.75. The average molecular weight is 276 g/mol. The van der Waals surface area contributed by atoms with Crippen molar-refractivity contribution in [1.29, 1.82) is 0 Å². The van der Waals surface area contributed by atoms with E-state index < -0.39 is 0 Å². The van der Waals surface area contributed by atoms with E-state index in [1.807, 2.05) is 24.3 Å². The molecule has 20 heavy (non-hydrogen) atoms. The molecule has 0 spiro atoms. The number of nitrogens with two attached hydrogens (primary N) is 2. The first kappa shape index (κ1) is 14.7. The second kappa shape index (κ2) is 6.61. The molecule has 5 nitrogen and oxygen atoms in total. The van der Waals surface area contributed by atoms with E-state index in [2.05, 4.69) is 10.6 Å². The zero-order valence-corrected chi connectivity index (χ0v) is 11.8. The largest absolute Gasteiger partial charge is 0.399 e. The predicted molar refractivity (Wildman–Crippen MR) is 81.2 cm³/mol. The van der Waals surface area contributed by atoms with Crippen molar-refractivity contribution in [1.82, 2.24) is 10.6 Å². The molecule has 110 valence electrons. The van der Waals surface area contributed by atoms with Gasteiger partial charge in [0.2, 0.25) is 0 Å². The van der Waals surface area contributed by atoms with Crippen LogP contribution < -0.4 is 22.1 Å². The van der Waals surface area contributed by atoms with E-state index in [0.717, 1.165) is 43.4 Å². The maximum absolute atomic E-state index is 12.0. The van der Waals surface area contributed by atoms with E-state index in [1.54, 1.807) is 0 Å². The number of anilines is 1. The zero-order chi connectivity index (χ0) is 14.4. The number of hydrogen-bond donors (Lipinski definition) is 4. The van der Waals surface area contributed by atoms with Crippen LogP contribution in [0.25, 0.3) is 0 Å². The number of hydrogen-bond acceptors (Lipinski definition) is 3. The molecular formula is C15H24N4O. The molecule has 6 N–H and O–H groups in total. The molecule has 0 atom stereocenters. The fourth-order valence-corrected chi connectivity index (χ4v) is 2.83. The molecule has 5 heteroatoms. The van der Waals surface area contributed by atoms with Gasteiger partial charge >= 0.3 is 6.03 Å². The van der Waals surface area contributed by atoms with Gasteiger partial charge < -0.3 is 22.1 Å². The Morgan fingerprint density at radius 3 is 2.45 bits per heavy atom. The Labute approximate surface area is 120 Å². The van der Waals surface area contributed by atoms with Crippen LogP contribution in [0.5, 0.6) is 0 Å². The Bertz CT molecular complexity index is 438. The van der Waals surface area contributed by atoms with Crippen molar-refractivity contribution in [2.45, 2.75) is 37.6 Å². The maximum atomic E-state index is 12.0. The second-order valence-electron chi connectivity index (χ2n) is 5.43. The highest BCUT2D eigenvalue weighted by molar-refractivity contribution is 5.75. The summed E-state index contributed by atoms with van der Waals surface area (Å²) in [6.07, 6.45) is 5.01. The normalized spacial score (nSPS) is 16.9. The number of carbonyl (C=O) groups excluding carboxylic acids is 1. The second-order valence-corrected chi connectivity index (χ2v) is 5.43. The molecule has 0 heterocycles. The van der Waals surface area contributed by atoms with E-state index in [9.17, 15) is 4.79 Å². The summed E-state index contributed by atoms with van der Waals surface area (Å²) in [6.45, 7) is 1.20. The van der Waals surface area contributed by atoms with E-state index in [4.69, 9.17) is 11.5 Å². The summed E-state index contributed by atoms with van der Waals surface area (Å²) in [5.74, 6) is 0. The smallest absolute Gasteiger partial charge is 0.315 e. The van der Waals surface area contributed by atoms with Crippen LogP contribution in [0.3, 0.4) is 0 Å². The van der Waals surface area contributed by atoms with Crippen LogP contribution in [0.4, 0.5) is 10.5 Å². The van der Waals surface area contributed by atoms with Crippen molar-refractivity contribution in [3.8, 4) is 0 Å². The Morgan fingerprint density at radius 1 is 1.20 bits per heavy atom. The lowest BCUT2D eigenvalue weighted by Gasteiger charge is -2.31. The molecule has 0 saturated heterocycles. The summed E-state index contributed by atoms with van der Waals surface area (Å²) in [6, 6.07) is 7.70. The lowest BCUT2D eigenvalue weighted by Crippen LogP contribution is -2.48. The lowest BCUT2D eigenvalue weighted by atomic mass is 9.88. The fourth-order valence-electron chi connectivity index (χ4n) is 2.83. The summed E-state index contributed by atoms with van der Waals surface area (Å²) < 4.78 is 0. The number of nitrogen functional groups attached to an aromatic ring is 1. The first-order chi connectivity index (χ1) is 9.66. The molecule has 0 radical (unpaired) electrons. The number of carbonyl (C=O) groups is 1. The highest BCUT2D eigenvalue weighted by Crippen LogP contribution is 2.38. The third kappa shape index (κ3) is 3.42. The summed E-state index contributed by atoms with van der Waals surface area (Å²) >= 11 is 0. The van der Waals surface area contributed by atoms with E-state index in [0.29, 0.717) is 13.1 Å². The summed E-state index contributed by atoms with van der Waals surface area (Å²) in [5, 5.41) is 6.02. The summed E-state index contributed by atoms with van der Waals surface area (Å²) in [4.78, 5) is 12.0. The number of rotatable bonds is 5. The van der Waals surface area contributed by atoms with Gasteiger partial charge in [0.05, 0.1) is 5.54 Å². The van der Waals surface area contributed by atoms with E-state index in [1.165, 1.54) is 0 Å². The van der Waals surface area contributed by atoms with Gasteiger partial charge in [0.1, 0.15) is 0 Å². The van der Waals surface area contributed by atoms with Gasteiger partial charge in [-0.05, 0) is 43.5 Å². The number of nitrogens with one attached hydrogen (secondary N) is 2. The molecule has 1 aliphatic rings. The quantitative estimate of drug-likeness (QED) is 0.487.